The Hall–Kier alpha value is -6.02. The molecule has 1 aliphatic carbocycles. The molecule has 12 heteroatoms. The van der Waals surface area contributed by atoms with E-state index >= 15 is 0 Å². The number of carboxylic acid groups (broad SMARTS) is 1. The van der Waals surface area contributed by atoms with E-state index in [1.807, 2.05) is 78.9 Å². The molecule has 300 valence electrons. The summed E-state index contributed by atoms with van der Waals surface area (Å²) in [6.45, 7) is 0.779. The molecule has 1 saturated carbocycles. The Morgan fingerprint density at radius 1 is 0.847 bits per heavy atom. The van der Waals surface area contributed by atoms with E-state index in [1.165, 1.54) is 0 Å². The first-order valence-electron chi connectivity index (χ1n) is 19.7. The molecule has 2 N–H and O–H groups in total. The maximum atomic E-state index is 14.1. The number of fused-ring (bicyclic) bond motifs is 2. The predicted molar refractivity (Wildman–Crippen MR) is 222 cm³/mol. The van der Waals surface area contributed by atoms with Crippen LogP contribution in [-0.2, 0) is 40.4 Å². The summed E-state index contributed by atoms with van der Waals surface area (Å²) in [4.78, 5) is 42.3. The van der Waals surface area contributed by atoms with Crippen molar-refractivity contribution < 1.29 is 33.7 Å². The largest absolute Gasteiger partial charge is 0.489 e. The predicted octanol–water partition coefficient (Wildman–Crippen LogP) is 8.88. The molecule has 0 aromatic heterocycles. The van der Waals surface area contributed by atoms with Gasteiger partial charge in [0.15, 0.2) is 17.6 Å². The molecule has 5 aromatic rings. The van der Waals surface area contributed by atoms with E-state index < -0.39 is 24.0 Å². The molecule has 10 nitrogen and oxygen atoms in total. The van der Waals surface area contributed by atoms with Crippen molar-refractivity contribution in [3.63, 3.8) is 0 Å². The van der Waals surface area contributed by atoms with Crippen molar-refractivity contribution in [2.75, 3.05) is 6.61 Å². The van der Waals surface area contributed by atoms with E-state index in [4.69, 9.17) is 42.7 Å². The number of carboxylic acids is 1. The number of benzene rings is 5. The van der Waals surface area contributed by atoms with Gasteiger partial charge in [0.25, 0.3) is 0 Å². The van der Waals surface area contributed by atoms with Crippen LogP contribution in [0.3, 0.4) is 0 Å². The monoisotopic (exact) mass is 829 g/mol. The molecule has 0 spiro atoms. The first kappa shape index (κ1) is 39.8. The van der Waals surface area contributed by atoms with E-state index in [-0.39, 0.29) is 43.9 Å². The van der Waals surface area contributed by atoms with Crippen LogP contribution in [0, 0.1) is 17.2 Å². The van der Waals surface area contributed by atoms with Gasteiger partial charge in [0.1, 0.15) is 31.0 Å². The SMILES string of the molecule is N#Cc1ccc(-c2ccc(C[C@H](NC(=O)[C@@H]3Cc4cc5c(cc4CN3C(=O)C3CCCC3)OC(c3ccc(OCc4ccc(Cl)c(Cl)c4)cc3)CO5)C(=O)O)cc2)cc1. The fraction of sp³-hybridized carbons (Fsp3) is 0.277. The molecular weight excluding hydrogens is 789 g/mol. The lowest BCUT2D eigenvalue weighted by Gasteiger charge is -2.39. The Labute approximate surface area is 352 Å². The third-order valence-corrected chi connectivity index (χ3v) is 12.1. The summed E-state index contributed by atoms with van der Waals surface area (Å²) < 4.78 is 18.6. The van der Waals surface area contributed by atoms with Crippen molar-refractivity contribution in [2.45, 2.75) is 69.9 Å². The second-order valence-corrected chi connectivity index (χ2v) is 16.1. The number of hydrogen-bond acceptors (Lipinski definition) is 7. The number of aliphatic carboxylic acids is 1. The van der Waals surface area contributed by atoms with E-state index in [9.17, 15) is 19.5 Å². The Morgan fingerprint density at radius 3 is 2.20 bits per heavy atom. The van der Waals surface area contributed by atoms with E-state index in [2.05, 4.69) is 11.4 Å². The fourth-order valence-corrected chi connectivity index (χ4v) is 8.36. The Bertz CT molecular complexity index is 2410. The summed E-state index contributed by atoms with van der Waals surface area (Å²) in [5.41, 5.74) is 6.63. The molecule has 1 fully saturated rings. The Morgan fingerprint density at radius 2 is 1.53 bits per heavy atom. The highest BCUT2D eigenvalue weighted by atomic mass is 35.5. The number of carbonyl (C=O) groups is 3. The third kappa shape index (κ3) is 9.02. The van der Waals surface area contributed by atoms with Crippen LogP contribution < -0.4 is 19.5 Å². The molecule has 0 bridgehead atoms. The second-order valence-electron chi connectivity index (χ2n) is 15.2. The van der Waals surface area contributed by atoms with Crippen molar-refractivity contribution in [3.8, 4) is 34.4 Å². The summed E-state index contributed by atoms with van der Waals surface area (Å²) in [5.74, 6) is -0.179. The average Bonchev–Trinajstić information content (AvgIpc) is 3.81. The van der Waals surface area contributed by atoms with Crippen LogP contribution >= 0.6 is 23.2 Å². The minimum absolute atomic E-state index is 0.0585. The second kappa shape index (κ2) is 17.5. The van der Waals surface area contributed by atoms with E-state index in [0.29, 0.717) is 39.5 Å². The summed E-state index contributed by atoms with van der Waals surface area (Å²) in [6.07, 6.45) is 3.30. The zero-order chi connectivity index (χ0) is 41.0. The van der Waals surface area contributed by atoms with Gasteiger partial charge in [-0.05, 0) is 100 Å². The minimum Gasteiger partial charge on any atom is -0.489 e. The zero-order valence-corrected chi connectivity index (χ0v) is 33.5. The van der Waals surface area contributed by atoms with Crippen molar-refractivity contribution >= 4 is 41.0 Å². The van der Waals surface area contributed by atoms with Gasteiger partial charge in [-0.1, -0.05) is 90.6 Å². The van der Waals surface area contributed by atoms with Crippen LogP contribution in [0.4, 0.5) is 0 Å². The quantitative estimate of drug-likeness (QED) is 0.135. The number of ether oxygens (including phenoxy) is 3. The first-order chi connectivity index (χ1) is 28.6. The van der Waals surface area contributed by atoms with Crippen LogP contribution in [0.2, 0.25) is 10.0 Å². The fourth-order valence-electron chi connectivity index (χ4n) is 8.04. The van der Waals surface area contributed by atoms with Crippen LogP contribution in [0.15, 0.2) is 103 Å². The van der Waals surface area contributed by atoms with Crippen LogP contribution in [0.25, 0.3) is 11.1 Å². The molecule has 2 aliphatic heterocycles. The summed E-state index contributed by atoms with van der Waals surface area (Å²) in [5, 5.41) is 23.1. The maximum absolute atomic E-state index is 14.1. The molecule has 1 unspecified atom stereocenters. The van der Waals surface area contributed by atoms with Gasteiger partial charge < -0.3 is 29.5 Å². The molecule has 2 heterocycles. The lowest BCUT2D eigenvalue weighted by molar-refractivity contribution is -0.147. The van der Waals surface area contributed by atoms with Gasteiger partial charge in [-0.2, -0.15) is 5.26 Å². The maximum Gasteiger partial charge on any atom is 0.326 e. The highest BCUT2D eigenvalue weighted by Gasteiger charge is 2.40. The van der Waals surface area contributed by atoms with Gasteiger partial charge in [-0.15, -0.1) is 0 Å². The summed E-state index contributed by atoms with van der Waals surface area (Å²) in [6, 6.07) is 31.4. The van der Waals surface area contributed by atoms with Gasteiger partial charge in [-0.3, -0.25) is 9.59 Å². The summed E-state index contributed by atoms with van der Waals surface area (Å²) >= 11 is 12.2. The van der Waals surface area contributed by atoms with E-state index in [0.717, 1.165) is 64.6 Å². The van der Waals surface area contributed by atoms with Gasteiger partial charge >= 0.3 is 5.97 Å². The number of nitrogens with zero attached hydrogens (tertiary/aromatic N) is 2. The minimum atomic E-state index is -1.21. The smallest absolute Gasteiger partial charge is 0.326 e. The Kier molecular flexibility index (Phi) is 11.8. The standard InChI is InChI=1S/C47H41Cl2N3O7/c48-38-18-9-30(19-39(38)49)26-57-37-16-14-33(15-17-37)44-27-58-42-22-35-21-41(52(25-36(35)23-43(42)59-44)46(54)34-3-1-2-4-34)45(53)51-40(47(55)56)20-28-5-10-31(11-6-28)32-12-7-29(24-50)8-13-32/h5-19,22-23,34,40-41,44H,1-4,20-21,25-27H2,(H,51,53)(H,55,56)/t40-,41-,44?/m0/s1. The number of halogens is 2. The average molecular weight is 831 g/mol. The lowest BCUT2D eigenvalue weighted by Crippen LogP contribution is -2.56. The molecule has 0 saturated heterocycles. The normalized spacial score (nSPS) is 17.7. The van der Waals surface area contributed by atoms with Crippen molar-refractivity contribution in [2.24, 2.45) is 5.92 Å². The lowest BCUT2D eigenvalue weighted by atomic mass is 9.90. The third-order valence-electron chi connectivity index (χ3n) is 11.3. The Balaban J connectivity index is 0.957. The van der Waals surface area contributed by atoms with Crippen LogP contribution in [-0.4, -0.2) is 46.5 Å². The van der Waals surface area contributed by atoms with Crippen LogP contribution in [0.5, 0.6) is 17.2 Å². The summed E-state index contributed by atoms with van der Waals surface area (Å²) in [7, 11) is 0. The first-order valence-corrected chi connectivity index (χ1v) is 20.4. The molecule has 0 radical (unpaired) electrons. The molecule has 2 amide bonds. The van der Waals surface area contributed by atoms with Gasteiger partial charge in [0.2, 0.25) is 11.8 Å². The molecule has 3 aliphatic rings. The highest BCUT2D eigenvalue weighted by molar-refractivity contribution is 6.42. The topological polar surface area (TPSA) is 138 Å². The van der Waals surface area contributed by atoms with Crippen molar-refractivity contribution in [1.82, 2.24) is 10.2 Å². The molecule has 5 aromatic carbocycles. The van der Waals surface area contributed by atoms with Gasteiger partial charge in [0.05, 0.1) is 21.7 Å². The van der Waals surface area contributed by atoms with Crippen LogP contribution in [0.1, 0.15) is 65.2 Å². The zero-order valence-electron chi connectivity index (χ0n) is 32.0. The number of nitriles is 1. The van der Waals surface area contributed by atoms with Gasteiger partial charge in [-0.25, -0.2) is 4.79 Å². The van der Waals surface area contributed by atoms with Gasteiger partial charge in [0, 0.05) is 25.3 Å². The number of amides is 2. The molecule has 8 rings (SSSR count). The number of nitrogens with one attached hydrogen (secondary N) is 1. The number of rotatable bonds is 11. The number of carbonyl (C=O) groups excluding carboxylic acids is 2. The van der Waals surface area contributed by atoms with Crippen molar-refractivity contribution in [1.29, 1.82) is 5.26 Å². The molecule has 59 heavy (non-hydrogen) atoms. The number of hydrogen-bond donors (Lipinski definition) is 2. The highest BCUT2D eigenvalue weighted by Crippen LogP contribution is 2.42. The molecular formula is C47H41Cl2N3O7. The van der Waals surface area contributed by atoms with Crippen molar-refractivity contribution in [3.05, 3.63) is 147 Å². The van der Waals surface area contributed by atoms with E-state index in [1.54, 1.807) is 29.2 Å². The molecule has 3 atom stereocenters.